The largest absolute Gasteiger partial charge is 0.493 e. The van der Waals surface area contributed by atoms with Crippen molar-refractivity contribution in [2.24, 2.45) is 0 Å². The molecule has 5 nitrogen and oxygen atoms in total. The van der Waals surface area contributed by atoms with Crippen LogP contribution in [0.25, 0.3) is 0 Å². The van der Waals surface area contributed by atoms with Crippen LogP contribution in [-0.2, 0) is 14.3 Å². The molecule has 0 fully saturated rings. The van der Waals surface area contributed by atoms with Gasteiger partial charge >= 0.3 is 5.97 Å². The first kappa shape index (κ1) is 15.9. The number of carbonyl (C=O) groups excluding carboxylic acids is 2. The minimum Gasteiger partial charge on any atom is -0.493 e. The molecule has 0 aliphatic rings. The van der Waals surface area contributed by atoms with Gasteiger partial charge in [0.25, 0.3) is 0 Å². The van der Waals surface area contributed by atoms with Gasteiger partial charge in [-0.3, -0.25) is 9.59 Å². The van der Waals surface area contributed by atoms with Crippen molar-refractivity contribution in [3.8, 4) is 5.75 Å². The molecule has 1 amide bonds. The predicted molar refractivity (Wildman–Crippen MR) is 70.8 cm³/mol. The Bertz CT molecular complexity index is 464. The van der Waals surface area contributed by atoms with E-state index in [9.17, 15) is 14.0 Å². The molecule has 0 radical (unpaired) electrons. The lowest BCUT2D eigenvalue weighted by atomic mass is 10.3. The zero-order valence-electron chi connectivity index (χ0n) is 11.6. The molecule has 1 aromatic carbocycles. The third kappa shape index (κ3) is 5.69. The molecular weight excluding hydrogens is 265 g/mol. The Hall–Kier alpha value is -2.11. The maximum absolute atomic E-state index is 12.9. The number of hydrogen-bond donors (Lipinski definition) is 0. The minimum absolute atomic E-state index is 0.148. The van der Waals surface area contributed by atoms with Crippen molar-refractivity contribution in [1.29, 1.82) is 0 Å². The monoisotopic (exact) mass is 283 g/mol. The zero-order chi connectivity index (χ0) is 15.0. The lowest BCUT2D eigenvalue weighted by Gasteiger charge is -2.16. The Morgan fingerprint density at radius 1 is 1.30 bits per heavy atom. The number of amides is 1. The quantitative estimate of drug-likeness (QED) is 0.713. The fourth-order valence-corrected chi connectivity index (χ4v) is 1.49. The molecule has 0 atom stereocenters. The number of esters is 1. The number of benzene rings is 1. The van der Waals surface area contributed by atoms with E-state index in [2.05, 4.69) is 4.74 Å². The van der Waals surface area contributed by atoms with Gasteiger partial charge in [-0.1, -0.05) is 6.07 Å². The van der Waals surface area contributed by atoms with Gasteiger partial charge in [0.2, 0.25) is 5.91 Å². The third-order valence-electron chi connectivity index (χ3n) is 2.69. The molecule has 0 heterocycles. The molecule has 0 spiro atoms. The van der Waals surface area contributed by atoms with Crippen molar-refractivity contribution in [3.05, 3.63) is 30.1 Å². The molecule has 110 valence electrons. The molecule has 0 saturated heterocycles. The summed E-state index contributed by atoms with van der Waals surface area (Å²) in [7, 11) is 2.91. The van der Waals surface area contributed by atoms with E-state index in [4.69, 9.17) is 4.74 Å². The normalized spacial score (nSPS) is 9.95. The highest BCUT2D eigenvalue weighted by Crippen LogP contribution is 2.12. The minimum atomic E-state index is -0.385. The average Bonchev–Trinajstić information content (AvgIpc) is 2.44. The molecule has 0 saturated carbocycles. The Kier molecular flexibility index (Phi) is 6.49. The number of ether oxygens (including phenoxy) is 2. The van der Waals surface area contributed by atoms with Crippen LogP contribution in [-0.4, -0.2) is 44.1 Å². The van der Waals surface area contributed by atoms with Gasteiger partial charge in [0.1, 0.15) is 11.6 Å². The molecule has 0 aliphatic carbocycles. The van der Waals surface area contributed by atoms with E-state index >= 15 is 0 Å². The number of nitrogens with zero attached hydrogens (tertiary/aromatic N) is 1. The first-order chi connectivity index (χ1) is 9.52. The van der Waals surface area contributed by atoms with E-state index in [1.165, 1.54) is 30.2 Å². The second kappa shape index (κ2) is 8.14. The topological polar surface area (TPSA) is 55.8 Å². The number of rotatable bonds is 7. The van der Waals surface area contributed by atoms with E-state index in [0.717, 1.165) is 0 Å². The van der Waals surface area contributed by atoms with Crippen molar-refractivity contribution in [3.63, 3.8) is 0 Å². The molecule has 20 heavy (non-hydrogen) atoms. The van der Waals surface area contributed by atoms with Crippen molar-refractivity contribution in [2.45, 2.75) is 12.8 Å². The smallest absolute Gasteiger partial charge is 0.307 e. The lowest BCUT2D eigenvalue weighted by Crippen LogP contribution is -2.30. The summed E-state index contributed by atoms with van der Waals surface area (Å²) in [6.07, 6.45) is 0.317. The summed E-state index contributed by atoms with van der Waals surface area (Å²) in [4.78, 5) is 24.1. The van der Waals surface area contributed by atoms with Crippen LogP contribution in [0, 0.1) is 5.82 Å². The van der Waals surface area contributed by atoms with Crippen LogP contribution in [0.15, 0.2) is 24.3 Å². The standard InChI is InChI=1S/C14H18FNO4/c1-16(8-6-14(18)19-2)13(17)7-9-20-12-5-3-4-11(15)10-12/h3-5,10H,6-9H2,1-2H3. The van der Waals surface area contributed by atoms with Crippen molar-refractivity contribution < 1.29 is 23.5 Å². The van der Waals surface area contributed by atoms with E-state index in [-0.39, 0.29) is 37.1 Å². The summed E-state index contributed by atoms with van der Waals surface area (Å²) in [5.74, 6) is -0.509. The lowest BCUT2D eigenvalue weighted by molar-refractivity contribution is -0.141. The van der Waals surface area contributed by atoms with Crippen LogP contribution in [0.1, 0.15) is 12.8 Å². The van der Waals surface area contributed by atoms with Crippen LogP contribution >= 0.6 is 0 Å². The van der Waals surface area contributed by atoms with Gasteiger partial charge < -0.3 is 14.4 Å². The maximum atomic E-state index is 12.9. The van der Waals surface area contributed by atoms with Crippen LogP contribution < -0.4 is 4.74 Å². The van der Waals surface area contributed by atoms with Gasteiger partial charge in [-0.2, -0.15) is 0 Å². The molecular formula is C14H18FNO4. The molecule has 1 rings (SSSR count). The third-order valence-corrected chi connectivity index (χ3v) is 2.69. The van der Waals surface area contributed by atoms with Crippen LogP contribution in [0.2, 0.25) is 0 Å². The summed E-state index contributed by atoms with van der Waals surface area (Å²) in [5.41, 5.74) is 0. The number of hydrogen-bond acceptors (Lipinski definition) is 4. The Morgan fingerprint density at radius 3 is 2.70 bits per heavy atom. The highest BCUT2D eigenvalue weighted by Gasteiger charge is 2.11. The summed E-state index contributed by atoms with van der Waals surface area (Å²) in [5, 5.41) is 0. The second-order valence-electron chi connectivity index (χ2n) is 4.20. The first-order valence-electron chi connectivity index (χ1n) is 6.22. The highest BCUT2D eigenvalue weighted by atomic mass is 19.1. The van der Waals surface area contributed by atoms with E-state index in [0.29, 0.717) is 12.3 Å². The van der Waals surface area contributed by atoms with Gasteiger partial charge in [-0.15, -0.1) is 0 Å². The zero-order valence-corrected chi connectivity index (χ0v) is 11.6. The number of carbonyl (C=O) groups is 2. The van der Waals surface area contributed by atoms with E-state index in [1.807, 2.05) is 0 Å². The van der Waals surface area contributed by atoms with E-state index in [1.54, 1.807) is 13.1 Å². The van der Waals surface area contributed by atoms with Gasteiger partial charge in [-0.05, 0) is 12.1 Å². The van der Waals surface area contributed by atoms with Crippen LogP contribution in [0.4, 0.5) is 4.39 Å². The van der Waals surface area contributed by atoms with Gasteiger partial charge in [0.05, 0.1) is 26.6 Å². The summed E-state index contributed by atoms with van der Waals surface area (Å²) < 4.78 is 22.7. The molecule has 0 aromatic heterocycles. The van der Waals surface area contributed by atoms with Gasteiger partial charge in [0, 0.05) is 19.7 Å². The Balaban J connectivity index is 2.27. The van der Waals surface area contributed by atoms with Crippen LogP contribution in [0.3, 0.4) is 0 Å². The first-order valence-corrected chi connectivity index (χ1v) is 6.22. The number of methoxy groups -OCH3 is 1. The molecule has 0 unspecified atom stereocenters. The Labute approximate surface area is 117 Å². The fraction of sp³-hybridized carbons (Fsp3) is 0.429. The molecule has 0 aliphatic heterocycles. The SMILES string of the molecule is COC(=O)CCN(C)C(=O)CCOc1cccc(F)c1. The molecule has 0 N–H and O–H groups in total. The second-order valence-corrected chi connectivity index (χ2v) is 4.20. The maximum Gasteiger partial charge on any atom is 0.307 e. The average molecular weight is 283 g/mol. The Morgan fingerprint density at radius 2 is 2.05 bits per heavy atom. The summed E-state index contributed by atoms with van der Waals surface area (Å²) in [6.45, 7) is 0.455. The van der Waals surface area contributed by atoms with Crippen molar-refractivity contribution in [2.75, 3.05) is 27.3 Å². The molecule has 1 aromatic rings. The molecule has 6 heteroatoms. The summed E-state index contributed by atoms with van der Waals surface area (Å²) >= 11 is 0. The summed E-state index contributed by atoms with van der Waals surface area (Å²) in [6, 6.07) is 5.73. The molecule has 0 bridgehead atoms. The van der Waals surface area contributed by atoms with Gasteiger partial charge in [0.15, 0.2) is 0 Å². The fourth-order valence-electron chi connectivity index (χ4n) is 1.49. The van der Waals surface area contributed by atoms with Gasteiger partial charge in [-0.25, -0.2) is 4.39 Å². The van der Waals surface area contributed by atoms with Crippen molar-refractivity contribution in [1.82, 2.24) is 4.90 Å². The highest BCUT2D eigenvalue weighted by molar-refractivity contribution is 5.77. The number of halogens is 1. The van der Waals surface area contributed by atoms with Crippen LogP contribution in [0.5, 0.6) is 5.75 Å². The van der Waals surface area contributed by atoms with Crippen molar-refractivity contribution >= 4 is 11.9 Å². The van der Waals surface area contributed by atoms with E-state index < -0.39 is 0 Å². The predicted octanol–water partition coefficient (Wildman–Crippen LogP) is 1.62.